The first kappa shape index (κ1) is 7.79. The number of nitrogens with zero attached hydrogens (tertiary/aromatic N) is 1. The number of aryl methyl sites for hydroxylation is 1. The molecule has 0 atom stereocenters. The summed E-state index contributed by atoms with van der Waals surface area (Å²) in [5, 5.41) is 0. The van der Waals surface area contributed by atoms with E-state index in [1.54, 1.807) is 23.9 Å². The number of allylic oxidation sites excluding steroid dienone is 1. The van der Waals surface area contributed by atoms with Crippen molar-refractivity contribution in [3.8, 4) is 0 Å². The van der Waals surface area contributed by atoms with Gasteiger partial charge in [-0.3, -0.25) is 4.79 Å². The molecule has 2 nitrogen and oxygen atoms in total. The summed E-state index contributed by atoms with van der Waals surface area (Å²) in [6.07, 6.45) is 4.12. The Bertz CT molecular complexity index is 312. The van der Waals surface area contributed by atoms with Gasteiger partial charge in [-0.05, 0) is 12.5 Å². The Morgan fingerprint density at radius 1 is 1.73 bits per heavy atom. The number of aromatic nitrogens is 1. The summed E-state index contributed by atoms with van der Waals surface area (Å²) in [5.41, 5.74) is 0.859. The number of hydrogen-bond acceptors (Lipinski definition) is 1. The average Bonchev–Trinajstić information content (AvgIpc) is 1.99. The minimum Gasteiger partial charge on any atom is -0.318 e. The Morgan fingerprint density at radius 3 is 3.09 bits per heavy atom. The summed E-state index contributed by atoms with van der Waals surface area (Å²) in [6.45, 7) is 3.58. The molecule has 0 amide bonds. The lowest BCUT2D eigenvalue weighted by atomic mass is 10.2. The van der Waals surface area contributed by atoms with Crippen molar-refractivity contribution in [1.82, 2.24) is 4.57 Å². The van der Waals surface area contributed by atoms with Crippen LogP contribution in [0.2, 0.25) is 0 Å². The molecule has 0 saturated heterocycles. The van der Waals surface area contributed by atoms with Crippen LogP contribution < -0.4 is 5.56 Å². The van der Waals surface area contributed by atoms with Gasteiger partial charge in [0.15, 0.2) is 0 Å². The molecule has 1 heterocycles. The first-order chi connectivity index (χ1) is 5.25. The van der Waals surface area contributed by atoms with Gasteiger partial charge in [0.25, 0.3) is 5.56 Å². The van der Waals surface area contributed by atoms with E-state index in [1.165, 1.54) is 0 Å². The molecule has 2 heteroatoms. The Labute approximate surface area is 65.8 Å². The van der Waals surface area contributed by atoms with Crippen molar-refractivity contribution in [2.24, 2.45) is 7.05 Å². The number of pyridine rings is 1. The third kappa shape index (κ3) is 1.58. The molecule has 0 spiro atoms. The second-order valence-electron chi connectivity index (χ2n) is 2.44. The van der Waals surface area contributed by atoms with Gasteiger partial charge in [-0.25, -0.2) is 0 Å². The van der Waals surface area contributed by atoms with E-state index in [0.29, 0.717) is 6.42 Å². The fraction of sp³-hybridized carbons (Fsp3) is 0.222. The predicted octanol–water partition coefficient (Wildman–Crippen LogP) is 1.11. The summed E-state index contributed by atoms with van der Waals surface area (Å²) >= 11 is 0. The highest BCUT2D eigenvalue weighted by atomic mass is 16.1. The maximum atomic E-state index is 11.3. The van der Waals surface area contributed by atoms with E-state index in [0.717, 1.165) is 5.56 Å². The van der Waals surface area contributed by atoms with E-state index in [9.17, 15) is 4.79 Å². The summed E-state index contributed by atoms with van der Waals surface area (Å²) in [7, 11) is 1.74. The van der Waals surface area contributed by atoms with Crippen molar-refractivity contribution in [2.45, 2.75) is 6.42 Å². The fourth-order valence-corrected chi connectivity index (χ4v) is 0.965. The van der Waals surface area contributed by atoms with Crippen LogP contribution in [0, 0.1) is 0 Å². The lowest BCUT2D eigenvalue weighted by Crippen LogP contribution is -2.19. The third-order valence-electron chi connectivity index (χ3n) is 1.57. The normalized spacial score (nSPS) is 9.55. The third-order valence-corrected chi connectivity index (χ3v) is 1.57. The summed E-state index contributed by atoms with van der Waals surface area (Å²) in [5.74, 6) is 0. The van der Waals surface area contributed by atoms with Crippen LogP contribution in [0.3, 0.4) is 0 Å². The molecule has 0 aliphatic carbocycles. The molecule has 0 fully saturated rings. The van der Waals surface area contributed by atoms with Crippen molar-refractivity contribution >= 4 is 0 Å². The molecule has 0 bridgehead atoms. The maximum Gasteiger partial charge on any atom is 0.253 e. The number of hydrogen-bond donors (Lipinski definition) is 0. The van der Waals surface area contributed by atoms with Gasteiger partial charge in [-0.1, -0.05) is 12.1 Å². The second kappa shape index (κ2) is 3.19. The summed E-state index contributed by atoms with van der Waals surface area (Å²) in [6, 6.07) is 3.68. The molecule has 0 aliphatic rings. The molecule has 58 valence electrons. The van der Waals surface area contributed by atoms with Crippen molar-refractivity contribution in [3.05, 3.63) is 46.9 Å². The van der Waals surface area contributed by atoms with Crippen LogP contribution in [0.4, 0.5) is 0 Å². The first-order valence-electron chi connectivity index (χ1n) is 3.51. The van der Waals surface area contributed by atoms with Gasteiger partial charge in [-0.2, -0.15) is 0 Å². The molecule has 1 aromatic heterocycles. The highest BCUT2D eigenvalue weighted by molar-refractivity contribution is 5.12. The summed E-state index contributed by atoms with van der Waals surface area (Å²) < 4.78 is 1.57. The van der Waals surface area contributed by atoms with Gasteiger partial charge in [0.2, 0.25) is 0 Å². The molecule has 1 aromatic rings. The van der Waals surface area contributed by atoms with Crippen LogP contribution in [0.5, 0.6) is 0 Å². The van der Waals surface area contributed by atoms with Gasteiger partial charge >= 0.3 is 0 Å². The van der Waals surface area contributed by atoms with E-state index in [2.05, 4.69) is 6.58 Å². The SMILES string of the molecule is C=CCc1cccn(C)c1=O. The van der Waals surface area contributed by atoms with Crippen LogP contribution in [0.1, 0.15) is 5.56 Å². The van der Waals surface area contributed by atoms with Crippen LogP contribution in [-0.4, -0.2) is 4.57 Å². The first-order valence-corrected chi connectivity index (χ1v) is 3.51. The molecular weight excluding hydrogens is 138 g/mol. The highest BCUT2D eigenvalue weighted by Crippen LogP contribution is 1.91. The highest BCUT2D eigenvalue weighted by Gasteiger charge is 1.95. The van der Waals surface area contributed by atoms with Crippen molar-refractivity contribution in [2.75, 3.05) is 0 Å². The van der Waals surface area contributed by atoms with Gasteiger partial charge in [0.05, 0.1) is 0 Å². The second-order valence-corrected chi connectivity index (χ2v) is 2.44. The standard InChI is InChI=1S/C9H11NO/c1-3-5-8-6-4-7-10(2)9(8)11/h3-4,6-7H,1,5H2,2H3. The Kier molecular flexibility index (Phi) is 2.26. The van der Waals surface area contributed by atoms with Crippen LogP contribution in [-0.2, 0) is 13.5 Å². The molecule has 0 saturated carbocycles. The van der Waals surface area contributed by atoms with E-state index in [-0.39, 0.29) is 5.56 Å². The smallest absolute Gasteiger partial charge is 0.253 e. The van der Waals surface area contributed by atoms with Crippen molar-refractivity contribution in [1.29, 1.82) is 0 Å². The molecule has 0 aromatic carbocycles. The van der Waals surface area contributed by atoms with Gasteiger partial charge in [0.1, 0.15) is 0 Å². The maximum absolute atomic E-state index is 11.3. The molecular formula is C9H11NO. The minimum absolute atomic E-state index is 0.0624. The molecule has 1 rings (SSSR count). The molecule has 0 N–H and O–H groups in total. The lowest BCUT2D eigenvalue weighted by Gasteiger charge is -1.98. The van der Waals surface area contributed by atoms with Gasteiger partial charge in [0, 0.05) is 18.8 Å². The van der Waals surface area contributed by atoms with Gasteiger partial charge < -0.3 is 4.57 Å². The molecule has 0 radical (unpaired) electrons. The van der Waals surface area contributed by atoms with Gasteiger partial charge in [-0.15, -0.1) is 6.58 Å². The number of rotatable bonds is 2. The minimum atomic E-state index is 0.0624. The zero-order chi connectivity index (χ0) is 8.27. The monoisotopic (exact) mass is 149 g/mol. The van der Waals surface area contributed by atoms with Crippen LogP contribution >= 0.6 is 0 Å². The average molecular weight is 149 g/mol. The molecule has 0 aliphatic heterocycles. The van der Waals surface area contributed by atoms with Crippen molar-refractivity contribution in [3.63, 3.8) is 0 Å². The lowest BCUT2D eigenvalue weighted by molar-refractivity contribution is 0.842. The predicted molar refractivity (Wildman–Crippen MR) is 45.6 cm³/mol. The van der Waals surface area contributed by atoms with Crippen molar-refractivity contribution < 1.29 is 0 Å². The zero-order valence-electron chi connectivity index (χ0n) is 6.58. The molecule has 0 unspecified atom stereocenters. The Balaban J connectivity index is 3.16. The molecule has 11 heavy (non-hydrogen) atoms. The van der Waals surface area contributed by atoms with E-state index in [4.69, 9.17) is 0 Å². The topological polar surface area (TPSA) is 22.0 Å². The van der Waals surface area contributed by atoms with E-state index in [1.807, 2.05) is 12.1 Å². The van der Waals surface area contributed by atoms with Crippen LogP contribution in [0.25, 0.3) is 0 Å². The Morgan fingerprint density at radius 2 is 2.45 bits per heavy atom. The Hall–Kier alpha value is -1.31. The fourth-order valence-electron chi connectivity index (χ4n) is 0.965. The largest absolute Gasteiger partial charge is 0.318 e. The van der Waals surface area contributed by atoms with Crippen LogP contribution in [0.15, 0.2) is 35.8 Å². The quantitative estimate of drug-likeness (QED) is 0.577. The summed E-state index contributed by atoms with van der Waals surface area (Å²) in [4.78, 5) is 11.3. The van der Waals surface area contributed by atoms with E-state index >= 15 is 0 Å². The van der Waals surface area contributed by atoms with E-state index < -0.39 is 0 Å². The zero-order valence-corrected chi connectivity index (χ0v) is 6.58.